The van der Waals surface area contributed by atoms with Crippen molar-refractivity contribution in [1.29, 1.82) is 0 Å². The van der Waals surface area contributed by atoms with Crippen molar-refractivity contribution in [2.75, 3.05) is 6.61 Å². The molecule has 0 saturated carbocycles. The standard InChI is InChI=1S/C17H19NO2/c1-4-11-19-17-8-6-5-7-15(17)12-18-14(3)16-10-9-13(2)20-16/h1,5-10,14,18H,11-12H2,2-3H3. The van der Waals surface area contributed by atoms with E-state index in [1.807, 2.05) is 43.3 Å². The van der Waals surface area contributed by atoms with Crippen molar-refractivity contribution in [2.45, 2.75) is 26.4 Å². The van der Waals surface area contributed by atoms with Gasteiger partial charge in [0.15, 0.2) is 0 Å². The number of rotatable bonds is 6. The van der Waals surface area contributed by atoms with Crippen molar-refractivity contribution in [3.8, 4) is 18.1 Å². The van der Waals surface area contributed by atoms with E-state index in [2.05, 4.69) is 18.2 Å². The highest BCUT2D eigenvalue weighted by atomic mass is 16.5. The molecule has 0 aliphatic rings. The number of ether oxygens (including phenoxy) is 1. The van der Waals surface area contributed by atoms with E-state index in [4.69, 9.17) is 15.6 Å². The van der Waals surface area contributed by atoms with Crippen LogP contribution in [-0.2, 0) is 6.54 Å². The van der Waals surface area contributed by atoms with E-state index in [0.29, 0.717) is 6.54 Å². The molecule has 0 spiro atoms. The SMILES string of the molecule is C#CCOc1ccccc1CNC(C)c1ccc(C)o1. The van der Waals surface area contributed by atoms with Gasteiger partial charge in [0.1, 0.15) is 23.9 Å². The van der Waals surface area contributed by atoms with E-state index in [0.717, 1.165) is 22.8 Å². The fraction of sp³-hybridized carbons (Fsp3) is 0.294. The molecule has 104 valence electrons. The van der Waals surface area contributed by atoms with Crippen molar-refractivity contribution in [2.24, 2.45) is 0 Å². The highest BCUT2D eigenvalue weighted by Gasteiger charge is 2.10. The number of para-hydroxylation sites is 1. The van der Waals surface area contributed by atoms with E-state index in [9.17, 15) is 0 Å². The number of benzene rings is 1. The molecule has 0 saturated heterocycles. The Morgan fingerprint density at radius 3 is 2.80 bits per heavy atom. The normalized spacial score (nSPS) is 11.8. The lowest BCUT2D eigenvalue weighted by atomic mass is 10.2. The lowest BCUT2D eigenvalue weighted by molar-refractivity contribution is 0.361. The van der Waals surface area contributed by atoms with Gasteiger partial charge in [0.25, 0.3) is 0 Å². The van der Waals surface area contributed by atoms with Gasteiger partial charge in [-0.2, -0.15) is 0 Å². The van der Waals surface area contributed by atoms with E-state index in [1.54, 1.807) is 0 Å². The first-order valence-electron chi connectivity index (χ1n) is 6.64. The van der Waals surface area contributed by atoms with Crippen LogP contribution < -0.4 is 10.1 Å². The van der Waals surface area contributed by atoms with Crippen LogP contribution in [0, 0.1) is 19.3 Å². The lowest BCUT2D eigenvalue weighted by Crippen LogP contribution is -2.18. The molecule has 2 rings (SSSR count). The first kappa shape index (κ1) is 14.2. The summed E-state index contributed by atoms with van der Waals surface area (Å²) in [5.41, 5.74) is 1.08. The molecular formula is C17H19NO2. The predicted molar refractivity (Wildman–Crippen MR) is 79.5 cm³/mol. The summed E-state index contributed by atoms with van der Waals surface area (Å²) in [4.78, 5) is 0. The minimum Gasteiger partial charge on any atom is -0.481 e. The van der Waals surface area contributed by atoms with Gasteiger partial charge in [0, 0.05) is 12.1 Å². The Morgan fingerprint density at radius 1 is 1.30 bits per heavy atom. The molecule has 0 aliphatic heterocycles. The quantitative estimate of drug-likeness (QED) is 0.816. The fourth-order valence-electron chi connectivity index (χ4n) is 1.96. The van der Waals surface area contributed by atoms with Gasteiger partial charge in [-0.15, -0.1) is 6.42 Å². The van der Waals surface area contributed by atoms with Gasteiger partial charge in [-0.3, -0.25) is 0 Å². The molecule has 3 nitrogen and oxygen atoms in total. The summed E-state index contributed by atoms with van der Waals surface area (Å²) < 4.78 is 11.1. The number of terminal acetylenes is 1. The third-order valence-electron chi connectivity index (χ3n) is 3.07. The largest absolute Gasteiger partial charge is 0.481 e. The lowest BCUT2D eigenvalue weighted by Gasteiger charge is -2.14. The van der Waals surface area contributed by atoms with Gasteiger partial charge in [-0.25, -0.2) is 0 Å². The van der Waals surface area contributed by atoms with Crippen LogP contribution in [0.25, 0.3) is 0 Å². The van der Waals surface area contributed by atoms with E-state index >= 15 is 0 Å². The molecule has 0 bridgehead atoms. The maximum atomic E-state index is 5.61. The molecule has 0 aliphatic carbocycles. The minimum atomic E-state index is 0.143. The second kappa shape index (κ2) is 6.83. The molecule has 1 heterocycles. The van der Waals surface area contributed by atoms with Crippen LogP contribution in [0.15, 0.2) is 40.8 Å². The highest BCUT2D eigenvalue weighted by molar-refractivity contribution is 5.33. The summed E-state index contributed by atoms with van der Waals surface area (Å²) in [6.45, 7) is 4.99. The molecule has 0 fully saturated rings. The van der Waals surface area contributed by atoms with Crippen molar-refractivity contribution in [1.82, 2.24) is 5.32 Å². The number of furan rings is 1. The number of hydrogen-bond donors (Lipinski definition) is 1. The molecule has 1 N–H and O–H groups in total. The zero-order chi connectivity index (χ0) is 14.4. The Kier molecular flexibility index (Phi) is 4.86. The van der Waals surface area contributed by atoms with Crippen LogP contribution in [-0.4, -0.2) is 6.61 Å². The highest BCUT2D eigenvalue weighted by Crippen LogP contribution is 2.20. The fourth-order valence-corrected chi connectivity index (χ4v) is 1.96. The molecule has 1 aromatic carbocycles. The maximum absolute atomic E-state index is 5.61. The molecule has 1 unspecified atom stereocenters. The smallest absolute Gasteiger partial charge is 0.148 e. The van der Waals surface area contributed by atoms with Crippen molar-refractivity contribution in [3.05, 3.63) is 53.5 Å². The van der Waals surface area contributed by atoms with Crippen LogP contribution in [0.1, 0.15) is 30.0 Å². The van der Waals surface area contributed by atoms with Gasteiger partial charge < -0.3 is 14.5 Å². The molecule has 0 amide bonds. The number of nitrogens with one attached hydrogen (secondary N) is 1. The van der Waals surface area contributed by atoms with Crippen LogP contribution in [0.5, 0.6) is 5.75 Å². The molecule has 20 heavy (non-hydrogen) atoms. The van der Waals surface area contributed by atoms with Crippen LogP contribution >= 0.6 is 0 Å². The Balaban J connectivity index is 1.98. The average molecular weight is 269 g/mol. The predicted octanol–water partition coefficient (Wildman–Crippen LogP) is 3.45. The molecule has 2 aromatic rings. The first-order chi connectivity index (χ1) is 9.70. The summed E-state index contributed by atoms with van der Waals surface area (Å²) in [5, 5.41) is 3.42. The van der Waals surface area contributed by atoms with Crippen LogP contribution in [0.2, 0.25) is 0 Å². The summed E-state index contributed by atoms with van der Waals surface area (Å²) in [6.07, 6.45) is 5.22. The minimum absolute atomic E-state index is 0.143. The van der Waals surface area contributed by atoms with Gasteiger partial charge in [0.2, 0.25) is 0 Å². The molecule has 1 aromatic heterocycles. The topological polar surface area (TPSA) is 34.4 Å². The second-order valence-electron chi connectivity index (χ2n) is 4.65. The third kappa shape index (κ3) is 3.66. The number of aryl methyl sites for hydroxylation is 1. The summed E-state index contributed by atoms with van der Waals surface area (Å²) in [6, 6.07) is 12.0. The van der Waals surface area contributed by atoms with Crippen molar-refractivity contribution in [3.63, 3.8) is 0 Å². The zero-order valence-corrected chi connectivity index (χ0v) is 11.8. The number of hydrogen-bond acceptors (Lipinski definition) is 3. The zero-order valence-electron chi connectivity index (χ0n) is 11.8. The molecular weight excluding hydrogens is 250 g/mol. The Morgan fingerprint density at radius 2 is 2.10 bits per heavy atom. The van der Waals surface area contributed by atoms with Crippen LogP contribution in [0.3, 0.4) is 0 Å². The van der Waals surface area contributed by atoms with E-state index in [-0.39, 0.29) is 12.6 Å². The Hall–Kier alpha value is -2.18. The summed E-state index contributed by atoms with van der Waals surface area (Å²) in [7, 11) is 0. The summed E-state index contributed by atoms with van der Waals surface area (Å²) in [5.74, 6) is 5.16. The van der Waals surface area contributed by atoms with Gasteiger partial charge in [-0.05, 0) is 32.0 Å². The van der Waals surface area contributed by atoms with E-state index < -0.39 is 0 Å². The van der Waals surface area contributed by atoms with Crippen molar-refractivity contribution >= 4 is 0 Å². The molecule has 3 heteroatoms. The monoisotopic (exact) mass is 269 g/mol. The van der Waals surface area contributed by atoms with Crippen molar-refractivity contribution < 1.29 is 9.15 Å². The first-order valence-corrected chi connectivity index (χ1v) is 6.64. The van der Waals surface area contributed by atoms with Crippen LogP contribution in [0.4, 0.5) is 0 Å². The second-order valence-corrected chi connectivity index (χ2v) is 4.65. The average Bonchev–Trinajstić information content (AvgIpc) is 2.90. The molecule has 0 radical (unpaired) electrons. The third-order valence-corrected chi connectivity index (χ3v) is 3.07. The van der Waals surface area contributed by atoms with Gasteiger partial charge in [0.05, 0.1) is 6.04 Å². The Bertz CT molecular complexity index is 595. The van der Waals surface area contributed by atoms with Gasteiger partial charge in [-0.1, -0.05) is 24.1 Å². The Labute approximate surface area is 120 Å². The van der Waals surface area contributed by atoms with Gasteiger partial charge >= 0.3 is 0 Å². The van der Waals surface area contributed by atoms with E-state index in [1.165, 1.54) is 0 Å². The molecule has 1 atom stereocenters. The maximum Gasteiger partial charge on any atom is 0.148 e. The summed E-state index contributed by atoms with van der Waals surface area (Å²) >= 11 is 0.